The van der Waals surface area contributed by atoms with Crippen molar-refractivity contribution in [1.29, 1.82) is 0 Å². The van der Waals surface area contributed by atoms with Crippen LogP contribution in [0.15, 0.2) is 24.3 Å². The van der Waals surface area contributed by atoms with Crippen molar-refractivity contribution in [2.45, 2.75) is 37.3 Å². The lowest BCUT2D eigenvalue weighted by Crippen LogP contribution is -2.34. The molecule has 0 atom stereocenters. The molecule has 1 heterocycles. The number of hydrogen-bond donors (Lipinski definition) is 1. The van der Waals surface area contributed by atoms with Crippen molar-refractivity contribution in [1.82, 2.24) is 0 Å². The van der Waals surface area contributed by atoms with Gasteiger partial charge in [-0.05, 0) is 49.3 Å². The zero-order chi connectivity index (χ0) is 14.6. The standard InChI is InChI=1S/C15H20F3NO/c16-15(17,18)13-4-1-3-12(11-13)14(5-2-8-19)6-9-20-10-7-14/h1,3-4,11H,2,5-10,19H2. The third-order valence-electron chi connectivity index (χ3n) is 4.11. The maximum atomic E-state index is 12.9. The van der Waals surface area contributed by atoms with Gasteiger partial charge < -0.3 is 10.5 Å². The number of benzene rings is 1. The van der Waals surface area contributed by atoms with Gasteiger partial charge in [0.25, 0.3) is 0 Å². The second-order valence-electron chi connectivity index (χ2n) is 5.36. The van der Waals surface area contributed by atoms with Crippen LogP contribution in [0, 0.1) is 0 Å². The first-order chi connectivity index (χ1) is 9.48. The second-order valence-corrected chi connectivity index (χ2v) is 5.36. The molecule has 1 fully saturated rings. The topological polar surface area (TPSA) is 35.2 Å². The molecule has 112 valence electrons. The van der Waals surface area contributed by atoms with Gasteiger partial charge in [-0.25, -0.2) is 0 Å². The SMILES string of the molecule is NCCCC1(c2cccc(C(F)(F)F)c2)CCOCC1. The predicted molar refractivity (Wildman–Crippen MR) is 71.5 cm³/mol. The Morgan fingerprint density at radius 2 is 1.90 bits per heavy atom. The molecule has 1 aromatic rings. The molecule has 1 aliphatic heterocycles. The van der Waals surface area contributed by atoms with E-state index in [0.717, 1.165) is 37.3 Å². The third-order valence-corrected chi connectivity index (χ3v) is 4.11. The Morgan fingerprint density at radius 1 is 1.20 bits per heavy atom. The smallest absolute Gasteiger partial charge is 0.381 e. The molecule has 1 aromatic carbocycles. The van der Waals surface area contributed by atoms with Gasteiger partial charge in [-0.1, -0.05) is 18.2 Å². The monoisotopic (exact) mass is 287 g/mol. The molecule has 0 aliphatic carbocycles. The van der Waals surface area contributed by atoms with E-state index in [1.807, 2.05) is 0 Å². The number of nitrogens with two attached hydrogens (primary N) is 1. The fourth-order valence-electron chi connectivity index (χ4n) is 2.91. The summed E-state index contributed by atoms with van der Waals surface area (Å²) in [4.78, 5) is 0. The highest BCUT2D eigenvalue weighted by molar-refractivity contribution is 5.32. The summed E-state index contributed by atoms with van der Waals surface area (Å²) in [5.41, 5.74) is 5.54. The van der Waals surface area contributed by atoms with E-state index in [1.54, 1.807) is 6.07 Å². The fourth-order valence-corrected chi connectivity index (χ4v) is 2.91. The molecule has 0 radical (unpaired) electrons. The van der Waals surface area contributed by atoms with Crippen LogP contribution < -0.4 is 5.73 Å². The summed E-state index contributed by atoms with van der Waals surface area (Å²) in [6.45, 7) is 1.75. The summed E-state index contributed by atoms with van der Waals surface area (Å²) in [7, 11) is 0. The molecule has 0 saturated carbocycles. The average molecular weight is 287 g/mol. The summed E-state index contributed by atoms with van der Waals surface area (Å²) in [5, 5.41) is 0. The zero-order valence-corrected chi connectivity index (χ0v) is 11.4. The van der Waals surface area contributed by atoms with Crippen LogP contribution in [0.3, 0.4) is 0 Å². The molecule has 5 heteroatoms. The van der Waals surface area contributed by atoms with E-state index in [2.05, 4.69) is 0 Å². The third kappa shape index (κ3) is 3.33. The first kappa shape index (κ1) is 15.3. The van der Waals surface area contributed by atoms with E-state index < -0.39 is 11.7 Å². The maximum Gasteiger partial charge on any atom is 0.416 e. The molecule has 2 nitrogen and oxygen atoms in total. The van der Waals surface area contributed by atoms with Crippen LogP contribution >= 0.6 is 0 Å². The van der Waals surface area contributed by atoms with Crippen molar-refractivity contribution < 1.29 is 17.9 Å². The highest BCUT2D eigenvalue weighted by Crippen LogP contribution is 2.41. The summed E-state index contributed by atoms with van der Waals surface area (Å²) >= 11 is 0. The van der Waals surface area contributed by atoms with Gasteiger partial charge in [0, 0.05) is 13.2 Å². The molecule has 0 unspecified atom stereocenters. The molecule has 1 aliphatic rings. The molecule has 0 spiro atoms. The van der Waals surface area contributed by atoms with Crippen LogP contribution in [0.1, 0.15) is 36.8 Å². The van der Waals surface area contributed by atoms with E-state index in [-0.39, 0.29) is 5.41 Å². The first-order valence-corrected chi connectivity index (χ1v) is 6.93. The van der Waals surface area contributed by atoms with Crippen molar-refractivity contribution in [3.8, 4) is 0 Å². The Bertz CT molecular complexity index is 439. The van der Waals surface area contributed by atoms with E-state index in [0.29, 0.717) is 19.8 Å². The van der Waals surface area contributed by atoms with Gasteiger partial charge in [-0.15, -0.1) is 0 Å². The van der Waals surface area contributed by atoms with Crippen LogP contribution in [-0.4, -0.2) is 19.8 Å². The van der Waals surface area contributed by atoms with Crippen LogP contribution in [0.2, 0.25) is 0 Å². The normalized spacial score (nSPS) is 19.0. The largest absolute Gasteiger partial charge is 0.416 e. The Kier molecular flexibility index (Phi) is 4.70. The molecular formula is C15H20F3NO. The highest BCUT2D eigenvalue weighted by Gasteiger charge is 2.36. The fraction of sp³-hybridized carbons (Fsp3) is 0.600. The first-order valence-electron chi connectivity index (χ1n) is 6.93. The van der Waals surface area contributed by atoms with Gasteiger partial charge in [0.05, 0.1) is 5.56 Å². The molecular weight excluding hydrogens is 267 g/mol. The Labute approximate surface area is 117 Å². The minimum Gasteiger partial charge on any atom is -0.381 e. The Morgan fingerprint density at radius 3 is 2.50 bits per heavy atom. The van der Waals surface area contributed by atoms with Gasteiger partial charge in [0.2, 0.25) is 0 Å². The number of ether oxygens (including phenoxy) is 1. The lowest BCUT2D eigenvalue weighted by atomic mass is 9.70. The lowest BCUT2D eigenvalue weighted by molar-refractivity contribution is -0.137. The van der Waals surface area contributed by atoms with Crippen molar-refractivity contribution in [2.75, 3.05) is 19.8 Å². The molecule has 0 bridgehead atoms. The van der Waals surface area contributed by atoms with Gasteiger partial charge in [0.1, 0.15) is 0 Å². The minimum atomic E-state index is -4.30. The van der Waals surface area contributed by atoms with Gasteiger partial charge >= 0.3 is 6.18 Å². The van der Waals surface area contributed by atoms with Crippen LogP contribution in [0.4, 0.5) is 13.2 Å². The number of rotatable bonds is 4. The van der Waals surface area contributed by atoms with E-state index in [4.69, 9.17) is 10.5 Å². The van der Waals surface area contributed by atoms with Gasteiger partial charge in [-0.3, -0.25) is 0 Å². The van der Waals surface area contributed by atoms with Crippen molar-refractivity contribution in [3.63, 3.8) is 0 Å². The molecule has 2 N–H and O–H groups in total. The van der Waals surface area contributed by atoms with Crippen molar-refractivity contribution in [3.05, 3.63) is 35.4 Å². The second kappa shape index (κ2) is 6.14. The van der Waals surface area contributed by atoms with Crippen molar-refractivity contribution in [2.24, 2.45) is 5.73 Å². The van der Waals surface area contributed by atoms with Crippen LogP contribution in [0.5, 0.6) is 0 Å². The summed E-state index contributed by atoms with van der Waals surface area (Å²) in [6.07, 6.45) is -1.15. The molecule has 1 saturated heterocycles. The zero-order valence-electron chi connectivity index (χ0n) is 11.4. The van der Waals surface area contributed by atoms with Gasteiger partial charge in [0.15, 0.2) is 0 Å². The highest BCUT2D eigenvalue weighted by atomic mass is 19.4. The van der Waals surface area contributed by atoms with Gasteiger partial charge in [-0.2, -0.15) is 13.2 Å². The van der Waals surface area contributed by atoms with Crippen molar-refractivity contribution >= 4 is 0 Å². The number of alkyl halides is 3. The molecule has 2 rings (SSSR count). The molecule has 20 heavy (non-hydrogen) atoms. The number of hydrogen-bond acceptors (Lipinski definition) is 2. The Hall–Kier alpha value is -1.07. The average Bonchev–Trinajstić information content (AvgIpc) is 2.45. The molecule has 0 amide bonds. The number of halogens is 3. The molecule has 0 aromatic heterocycles. The van der Waals surface area contributed by atoms with E-state index in [9.17, 15) is 13.2 Å². The van der Waals surface area contributed by atoms with E-state index in [1.165, 1.54) is 12.1 Å². The Balaban J connectivity index is 2.33. The van der Waals surface area contributed by atoms with Crippen LogP contribution in [-0.2, 0) is 16.3 Å². The predicted octanol–water partition coefficient (Wildman–Crippen LogP) is 3.49. The maximum absolute atomic E-state index is 12.9. The summed E-state index contributed by atoms with van der Waals surface area (Å²) in [5.74, 6) is 0. The minimum absolute atomic E-state index is 0.223. The summed E-state index contributed by atoms with van der Waals surface area (Å²) in [6, 6.07) is 5.72. The summed E-state index contributed by atoms with van der Waals surface area (Å²) < 4.78 is 44.0. The van der Waals surface area contributed by atoms with Crippen LogP contribution in [0.25, 0.3) is 0 Å². The lowest BCUT2D eigenvalue weighted by Gasteiger charge is -2.38. The quantitative estimate of drug-likeness (QED) is 0.920. The van der Waals surface area contributed by atoms with E-state index >= 15 is 0 Å².